The summed E-state index contributed by atoms with van der Waals surface area (Å²) in [6.07, 6.45) is 0.944. The predicted molar refractivity (Wildman–Crippen MR) is 136 cm³/mol. The van der Waals surface area contributed by atoms with Crippen LogP contribution in [0.4, 0.5) is 10.8 Å². The van der Waals surface area contributed by atoms with E-state index in [0.29, 0.717) is 28.7 Å². The molecule has 0 aliphatic heterocycles. The minimum absolute atomic E-state index is 0.0219. The third-order valence-electron chi connectivity index (χ3n) is 5.45. The number of benzene rings is 2. The molecule has 184 valence electrons. The number of amides is 1. The maximum Gasteiger partial charge on any atom is 0.306 e. The first-order valence-electron chi connectivity index (χ1n) is 11.5. The van der Waals surface area contributed by atoms with Crippen LogP contribution in [0, 0.1) is 13.8 Å². The number of anilines is 2. The smallest absolute Gasteiger partial charge is 0.306 e. The molecule has 0 aliphatic rings. The van der Waals surface area contributed by atoms with Gasteiger partial charge in [-0.15, -0.1) is 11.3 Å². The molecule has 1 aromatic heterocycles. The topological polar surface area (TPSA) is 85.8 Å². The highest BCUT2D eigenvalue weighted by Gasteiger charge is 2.20. The number of aryl methyl sites for hydroxylation is 1. The zero-order chi connectivity index (χ0) is 25.4. The molecule has 8 heteroatoms. The lowest BCUT2D eigenvalue weighted by Gasteiger charge is -2.21. The lowest BCUT2D eigenvalue weighted by molar-refractivity contribution is -0.145. The number of carbonyl (C=O) groups is 3. The summed E-state index contributed by atoms with van der Waals surface area (Å²) in [5.74, 6) is -0.0503. The number of ketones is 1. The maximum atomic E-state index is 12.4. The zero-order valence-electron chi connectivity index (χ0n) is 20.5. The van der Waals surface area contributed by atoms with E-state index in [1.165, 1.54) is 18.3 Å². The number of esters is 1. The van der Waals surface area contributed by atoms with Crippen molar-refractivity contribution in [2.45, 2.75) is 53.6 Å². The van der Waals surface area contributed by atoms with E-state index in [1.807, 2.05) is 39.0 Å². The Morgan fingerprint density at radius 3 is 2.46 bits per heavy atom. The molecule has 3 aromatic rings. The van der Waals surface area contributed by atoms with E-state index in [9.17, 15) is 14.4 Å². The van der Waals surface area contributed by atoms with Gasteiger partial charge >= 0.3 is 5.97 Å². The Morgan fingerprint density at radius 1 is 1.03 bits per heavy atom. The average molecular weight is 495 g/mol. The summed E-state index contributed by atoms with van der Waals surface area (Å²) in [6, 6.07) is 12.7. The van der Waals surface area contributed by atoms with Gasteiger partial charge in [0.1, 0.15) is 12.4 Å². The highest BCUT2D eigenvalue weighted by atomic mass is 32.1. The predicted octanol–water partition coefficient (Wildman–Crippen LogP) is 5.94. The van der Waals surface area contributed by atoms with E-state index in [1.54, 1.807) is 34.5 Å². The number of ether oxygens (including phenoxy) is 2. The molecule has 0 bridgehead atoms. The Hall–Kier alpha value is -3.52. The highest BCUT2D eigenvalue weighted by Crippen LogP contribution is 2.32. The van der Waals surface area contributed by atoms with Gasteiger partial charge in [0.15, 0.2) is 10.9 Å². The lowest BCUT2D eigenvalue weighted by atomic mass is 10.1. The second kappa shape index (κ2) is 12.3. The second-order valence-electron chi connectivity index (χ2n) is 8.15. The van der Waals surface area contributed by atoms with Crippen molar-refractivity contribution in [3.8, 4) is 5.75 Å². The summed E-state index contributed by atoms with van der Waals surface area (Å²) in [7, 11) is 0. The van der Waals surface area contributed by atoms with Gasteiger partial charge in [0.25, 0.3) is 0 Å². The van der Waals surface area contributed by atoms with Gasteiger partial charge < -0.3 is 9.47 Å². The summed E-state index contributed by atoms with van der Waals surface area (Å²) in [4.78, 5) is 43.0. The van der Waals surface area contributed by atoms with Crippen molar-refractivity contribution in [3.63, 3.8) is 0 Å². The molecule has 0 saturated carbocycles. The standard InChI is InChI=1S/C27H30N2O5S/c1-5-15-33-23-11-9-21(10-12-23)25(31)13-14-26(32)34-16-22-17-35-27(28-22)29(20(4)30)24-8-6-7-18(2)19(24)3/h6-12,17H,5,13-16H2,1-4H3. The fourth-order valence-electron chi connectivity index (χ4n) is 3.39. The minimum atomic E-state index is -0.478. The van der Waals surface area contributed by atoms with Crippen LogP contribution in [0.3, 0.4) is 0 Å². The first-order chi connectivity index (χ1) is 16.8. The van der Waals surface area contributed by atoms with Crippen molar-refractivity contribution in [2.75, 3.05) is 11.5 Å². The molecule has 0 saturated heterocycles. The van der Waals surface area contributed by atoms with E-state index in [2.05, 4.69) is 4.98 Å². The Bertz CT molecular complexity index is 1190. The van der Waals surface area contributed by atoms with E-state index in [-0.39, 0.29) is 31.1 Å². The molecular formula is C27H30N2O5S. The molecule has 0 atom stereocenters. The summed E-state index contributed by atoms with van der Waals surface area (Å²) in [5, 5.41) is 2.27. The minimum Gasteiger partial charge on any atom is -0.494 e. The van der Waals surface area contributed by atoms with Crippen molar-refractivity contribution in [1.29, 1.82) is 0 Å². The van der Waals surface area contributed by atoms with Crippen LogP contribution >= 0.6 is 11.3 Å². The van der Waals surface area contributed by atoms with Crippen LogP contribution in [-0.4, -0.2) is 29.3 Å². The van der Waals surface area contributed by atoms with Crippen molar-refractivity contribution in [3.05, 3.63) is 70.2 Å². The average Bonchev–Trinajstić information content (AvgIpc) is 3.31. The van der Waals surface area contributed by atoms with Crippen molar-refractivity contribution < 1.29 is 23.9 Å². The third kappa shape index (κ3) is 6.99. The fourth-order valence-corrected chi connectivity index (χ4v) is 4.26. The van der Waals surface area contributed by atoms with Crippen molar-refractivity contribution >= 4 is 39.8 Å². The van der Waals surface area contributed by atoms with Crippen LogP contribution in [0.5, 0.6) is 5.75 Å². The van der Waals surface area contributed by atoms with Crippen LogP contribution in [-0.2, 0) is 20.9 Å². The first-order valence-corrected chi connectivity index (χ1v) is 12.4. The van der Waals surface area contributed by atoms with Gasteiger partial charge in [0.2, 0.25) is 5.91 Å². The van der Waals surface area contributed by atoms with Crippen LogP contribution in [0.2, 0.25) is 0 Å². The van der Waals surface area contributed by atoms with Crippen LogP contribution < -0.4 is 9.64 Å². The molecule has 0 N–H and O–H groups in total. The van der Waals surface area contributed by atoms with Crippen molar-refractivity contribution in [1.82, 2.24) is 4.98 Å². The fraction of sp³-hybridized carbons (Fsp3) is 0.333. The Kier molecular flexibility index (Phi) is 9.14. The molecule has 1 amide bonds. The van der Waals surface area contributed by atoms with Gasteiger partial charge in [-0.2, -0.15) is 0 Å². The molecular weight excluding hydrogens is 464 g/mol. The molecule has 0 unspecified atom stereocenters. The quantitative estimate of drug-likeness (QED) is 0.242. The Labute approximate surface area is 209 Å². The maximum absolute atomic E-state index is 12.4. The molecule has 0 spiro atoms. The van der Waals surface area contributed by atoms with Gasteiger partial charge in [0.05, 0.1) is 24.4 Å². The van der Waals surface area contributed by atoms with Gasteiger partial charge in [-0.1, -0.05) is 19.1 Å². The van der Waals surface area contributed by atoms with E-state index in [4.69, 9.17) is 9.47 Å². The number of hydrogen-bond donors (Lipinski definition) is 0. The number of hydrogen-bond acceptors (Lipinski definition) is 7. The number of Topliss-reactive ketones (excluding diaryl/α,β-unsaturated/α-hetero) is 1. The molecule has 7 nitrogen and oxygen atoms in total. The largest absolute Gasteiger partial charge is 0.494 e. The summed E-state index contributed by atoms with van der Waals surface area (Å²) in [5.41, 5.74) is 3.93. The molecule has 0 fully saturated rings. The van der Waals surface area contributed by atoms with E-state index >= 15 is 0 Å². The molecule has 35 heavy (non-hydrogen) atoms. The van der Waals surface area contributed by atoms with Crippen LogP contribution in [0.25, 0.3) is 0 Å². The SMILES string of the molecule is CCCOc1ccc(C(=O)CCC(=O)OCc2csc(N(C(C)=O)c3cccc(C)c3C)n2)cc1. The molecule has 1 heterocycles. The third-order valence-corrected chi connectivity index (χ3v) is 6.32. The lowest BCUT2D eigenvalue weighted by Crippen LogP contribution is -2.23. The van der Waals surface area contributed by atoms with Crippen LogP contribution in [0.15, 0.2) is 47.8 Å². The summed E-state index contributed by atoms with van der Waals surface area (Å²) >= 11 is 1.31. The highest BCUT2D eigenvalue weighted by molar-refractivity contribution is 7.14. The Morgan fingerprint density at radius 2 is 1.77 bits per heavy atom. The number of rotatable bonds is 11. The van der Waals surface area contributed by atoms with Gasteiger partial charge in [-0.25, -0.2) is 4.98 Å². The monoisotopic (exact) mass is 494 g/mol. The number of thiazole rings is 1. The van der Waals surface area contributed by atoms with Gasteiger partial charge in [-0.3, -0.25) is 19.3 Å². The van der Waals surface area contributed by atoms with Crippen LogP contribution in [0.1, 0.15) is 60.3 Å². The zero-order valence-corrected chi connectivity index (χ0v) is 21.3. The number of carbonyl (C=O) groups excluding carboxylic acids is 3. The molecule has 3 rings (SSSR count). The van der Waals surface area contributed by atoms with E-state index in [0.717, 1.165) is 23.2 Å². The molecule has 0 radical (unpaired) electrons. The van der Waals surface area contributed by atoms with E-state index < -0.39 is 5.97 Å². The second-order valence-corrected chi connectivity index (χ2v) is 8.99. The normalized spacial score (nSPS) is 10.6. The number of aromatic nitrogens is 1. The molecule has 2 aromatic carbocycles. The van der Waals surface area contributed by atoms with Crippen molar-refractivity contribution in [2.24, 2.45) is 0 Å². The first kappa shape index (κ1) is 26.1. The Balaban J connectivity index is 1.53. The molecule has 0 aliphatic carbocycles. The summed E-state index contributed by atoms with van der Waals surface area (Å²) < 4.78 is 10.8. The number of nitrogens with zero attached hydrogens (tertiary/aromatic N) is 2. The summed E-state index contributed by atoms with van der Waals surface area (Å²) in [6.45, 7) is 8.07. The van der Waals surface area contributed by atoms with Gasteiger partial charge in [-0.05, 0) is 61.7 Å². The van der Waals surface area contributed by atoms with Gasteiger partial charge in [0, 0.05) is 24.3 Å².